The van der Waals surface area contributed by atoms with Gasteiger partial charge in [0.1, 0.15) is 0 Å². The highest BCUT2D eigenvalue weighted by molar-refractivity contribution is 5.40. The second kappa shape index (κ2) is 3.99. The first-order valence-corrected chi connectivity index (χ1v) is 4.28. The number of nitrogens with zero attached hydrogens (tertiary/aromatic N) is 1. The maximum atomic E-state index is 12.8. The summed E-state index contributed by atoms with van der Waals surface area (Å²) in [5, 5.41) is 18.1. The summed E-state index contributed by atoms with van der Waals surface area (Å²) < 4.78 is 38.3. The molecule has 0 radical (unpaired) electrons. The summed E-state index contributed by atoms with van der Waals surface area (Å²) in [5.41, 5.74) is -4.69. The highest BCUT2D eigenvalue weighted by Crippen LogP contribution is 2.43. The van der Waals surface area contributed by atoms with Crippen LogP contribution < -0.4 is 0 Å². The van der Waals surface area contributed by atoms with Gasteiger partial charge in [0.2, 0.25) is 5.60 Å². The van der Waals surface area contributed by atoms with Crippen molar-refractivity contribution in [3.63, 3.8) is 0 Å². The molecule has 1 aromatic rings. The predicted molar refractivity (Wildman–Crippen MR) is 51.1 cm³/mol. The SMILES string of the molecule is C=C(C#N)C(O)(c1ccccc1)C(F)(F)F. The first kappa shape index (κ1) is 12.3. The first-order chi connectivity index (χ1) is 7.34. The average Bonchev–Trinajstić information content (AvgIpc) is 2.26. The molecule has 0 aliphatic heterocycles. The highest BCUT2D eigenvalue weighted by atomic mass is 19.4. The van der Waals surface area contributed by atoms with Crippen molar-refractivity contribution < 1.29 is 18.3 Å². The molecule has 84 valence electrons. The van der Waals surface area contributed by atoms with Crippen molar-refractivity contribution in [1.82, 2.24) is 0 Å². The van der Waals surface area contributed by atoms with E-state index in [0.717, 1.165) is 12.1 Å². The van der Waals surface area contributed by atoms with Crippen molar-refractivity contribution in [2.45, 2.75) is 11.8 Å². The quantitative estimate of drug-likeness (QED) is 0.789. The molecule has 0 aliphatic rings. The third-order valence-corrected chi connectivity index (χ3v) is 2.17. The van der Waals surface area contributed by atoms with Gasteiger partial charge in [-0.3, -0.25) is 0 Å². The lowest BCUT2D eigenvalue weighted by Gasteiger charge is -2.29. The molecule has 1 aromatic carbocycles. The lowest BCUT2D eigenvalue weighted by atomic mass is 9.87. The number of alkyl halides is 3. The van der Waals surface area contributed by atoms with E-state index in [0.29, 0.717) is 0 Å². The maximum absolute atomic E-state index is 12.8. The monoisotopic (exact) mass is 227 g/mol. The van der Waals surface area contributed by atoms with Crippen LogP contribution in [0.4, 0.5) is 13.2 Å². The van der Waals surface area contributed by atoms with Gasteiger partial charge < -0.3 is 5.11 Å². The molecule has 0 fully saturated rings. The summed E-state index contributed by atoms with van der Waals surface area (Å²) in [4.78, 5) is 0. The zero-order chi connectivity index (χ0) is 12.4. The van der Waals surface area contributed by atoms with E-state index in [9.17, 15) is 18.3 Å². The van der Waals surface area contributed by atoms with Crippen LogP contribution in [0, 0.1) is 11.3 Å². The minimum absolute atomic E-state index is 0.422. The third-order valence-electron chi connectivity index (χ3n) is 2.17. The number of nitriles is 1. The minimum Gasteiger partial charge on any atom is -0.372 e. The van der Waals surface area contributed by atoms with Gasteiger partial charge in [-0.1, -0.05) is 36.9 Å². The van der Waals surface area contributed by atoms with Crippen molar-refractivity contribution in [2.75, 3.05) is 0 Å². The Balaban J connectivity index is 3.40. The number of hydrogen-bond acceptors (Lipinski definition) is 2. The van der Waals surface area contributed by atoms with E-state index in [1.54, 1.807) is 0 Å². The number of hydrogen-bond donors (Lipinski definition) is 1. The Labute approximate surface area is 90.2 Å². The third kappa shape index (κ3) is 1.79. The molecule has 0 heterocycles. The van der Waals surface area contributed by atoms with E-state index in [1.165, 1.54) is 24.3 Å². The van der Waals surface area contributed by atoms with E-state index in [1.807, 2.05) is 0 Å². The second-order valence-electron chi connectivity index (χ2n) is 3.16. The van der Waals surface area contributed by atoms with Crippen LogP contribution in [0.2, 0.25) is 0 Å². The standard InChI is InChI=1S/C11H8F3NO/c1-8(7-15)10(16,11(12,13)14)9-5-3-2-4-6-9/h2-6,16H,1H2. The van der Waals surface area contributed by atoms with Crippen molar-refractivity contribution in [3.05, 3.63) is 48.0 Å². The van der Waals surface area contributed by atoms with Crippen LogP contribution in [0.5, 0.6) is 0 Å². The summed E-state index contributed by atoms with van der Waals surface area (Å²) in [5.74, 6) is 0. The first-order valence-electron chi connectivity index (χ1n) is 4.28. The van der Waals surface area contributed by atoms with Crippen LogP contribution in [0.3, 0.4) is 0 Å². The normalized spacial score (nSPS) is 14.9. The van der Waals surface area contributed by atoms with Crippen LogP contribution >= 0.6 is 0 Å². The Bertz CT molecular complexity index is 433. The van der Waals surface area contributed by atoms with Gasteiger partial charge in [-0.2, -0.15) is 18.4 Å². The van der Waals surface area contributed by atoms with E-state index >= 15 is 0 Å². The molecule has 0 saturated heterocycles. The molecule has 1 N–H and O–H groups in total. The zero-order valence-electron chi connectivity index (χ0n) is 8.12. The van der Waals surface area contributed by atoms with Gasteiger partial charge in [0.15, 0.2) is 0 Å². The number of halogens is 3. The van der Waals surface area contributed by atoms with Gasteiger partial charge in [0.25, 0.3) is 0 Å². The van der Waals surface area contributed by atoms with Gasteiger partial charge in [-0.05, 0) is 5.56 Å². The van der Waals surface area contributed by atoms with Gasteiger partial charge >= 0.3 is 6.18 Å². The lowest BCUT2D eigenvalue weighted by Crippen LogP contribution is -2.43. The molecular weight excluding hydrogens is 219 g/mol. The fourth-order valence-electron chi connectivity index (χ4n) is 1.27. The molecular formula is C11H8F3NO. The molecule has 0 saturated carbocycles. The molecule has 1 unspecified atom stereocenters. The van der Waals surface area contributed by atoms with Crippen LogP contribution in [0.15, 0.2) is 42.5 Å². The fraction of sp³-hybridized carbons (Fsp3) is 0.182. The van der Waals surface area contributed by atoms with Crippen LogP contribution in [-0.4, -0.2) is 11.3 Å². The van der Waals surface area contributed by atoms with Crippen LogP contribution in [-0.2, 0) is 5.60 Å². The second-order valence-corrected chi connectivity index (χ2v) is 3.16. The molecule has 0 spiro atoms. The zero-order valence-corrected chi connectivity index (χ0v) is 8.12. The van der Waals surface area contributed by atoms with E-state index in [-0.39, 0.29) is 0 Å². The van der Waals surface area contributed by atoms with Crippen molar-refractivity contribution in [2.24, 2.45) is 0 Å². The molecule has 5 heteroatoms. The molecule has 16 heavy (non-hydrogen) atoms. The number of rotatable bonds is 2. The van der Waals surface area contributed by atoms with Crippen molar-refractivity contribution in [3.8, 4) is 6.07 Å². The Hall–Kier alpha value is -1.80. The molecule has 0 aromatic heterocycles. The molecule has 0 aliphatic carbocycles. The summed E-state index contributed by atoms with van der Waals surface area (Å²) >= 11 is 0. The van der Waals surface area contributed by atoms with Gasteiger partial charge in [-0.25, -0.2) is 0 Å². The Kier molecular flexibility index (Phi) is 3.06. The number of aliphatic hydroxyl groups is 1. The van der Waals surface area contributed by atoms with E-state index < -0.39 is 22.9 Å². The molecule has 0 bridgehead atoms. The highest BCUT2D eigenvalue weighted by Gasteiger charge is 2.57. The maximum Gasteiger partial charge on any atom is 0.426 e. The predicted octanol–water partition coefficient (Wildman–Crippen LogP) is 2.52. The molecule has 2 nitrogen and oxygen atoms in total. The number of benzene rings is 1. The molecule has 1 atom stereocenters. The Morgan fingerprint density at radius 1 is 1.25 bits per heavy atom. The largest absolute Gasteiger partial charge is 0.426 e. The van der Waals surface area contributed by atoms with E-state index in [2.05, 4.69) is 6.58 Å². The Morgan fingerprint density at radius 2 is 1.75 bits per heavy atom. The van der Waals surface area contributed by atoms with Crippen LogP contribution in [0.1, 0.15) is 5.56 Å². The van der Waals surface area contributed by atoms with E-state index in [4.69, 9.17) is 5.26 Å². The van der Waals surface area contributed by atoms with Crippen molar-refractivity contribution in [1.29, 1.82) is 5.26 Å². The topological polar surface area (TPSA) is 44.0 Å². The smallest absolute Gasteiger partial charge is 0.372 e. The average molecular weight is 227 g/mol. The summed E-state index contributed by atoms with van der Waals surface area (Å²) in [6.07, 6.45) is -4.98. The molecule has 0 amide bonds. The van der Waals surface area contributed by atoms with Gasteiger partial charge in [0, 0.05) is 0 Å². The fourth-order valence-corrected chi connectivity index (χ4v) is 1.27. The van der Waals surface area contributed by atoms with Gasteiger partial charge in [-0.15, -0.1) is 0 Å². The lowest BCUT2D eigenvalue weighted by molar-refractivity contribution is -0.248. The van der Waals surface area contributed by atoms with Crippen LogP contribution in [0.25, 0.3) is 0 Å². The minimum atomic E-state index is -4.98. The summed E-state index contributed by atoms with van der Waals surface area (Å²) in [7, 11) is 0. The summed E-state index contributed by atoms with van der Waals surface area (Å²) in [6, 6.07) is 7.63. The van der Waals surface area contributed by atoms with Gasteiger partial charge in [0.05, 0.1) is 11.6 Å². The Morgan fingerprint density at radius 3 is 2.12 bits per heavy atom. The van der Waals surface area contributed by atoms with Crippen molar-refractivity contribution >= 4 is 0 Å². The summed E-state index contributed by atoms with van der Waals surface area (Å²) in [6.45, 7) is 2.96. The molecule has 1 rings (SSSR count).